The van der Waals surface area contributed by atoms with Crippen molar-refractivity contribution in [1.82, 2.24) is 0 Å². The third kappa shape index (κ3) is 2.33. The highest BCUT2D eigenvalue weighted by molar-refractivity contribution is 5.89. The Morgan fingerprint density at radius 2 is 2.27 bits per heavy atom. The van der Waals surface area contributed by atoms with Gasteiger partial charge in [-0.1, -0.05) is 6.07 Å². The van der Waals surface area contributed by atoms with Gasteiger partial charge in [0.1, 0.15) is 5.75 Å². The first kappa shape index (κ1) is 10.8. The Hall–Kier alpha value is -2.31. The Morgan fingerprint density at radius 1 is 1.60 bits per heavy atom. The topological polar surface area (TPSA) is 102 Å². The number of nitrogens with one attached hydrogen (secondary N) is 1. The molecule has 0 saturated carbocycles. The maximum absolute atomic E-state index is 10.6. The smallest absolute Gasteiger partial charge is 0.409 e. The van der Waals surface area contributed by atoms with E-state index < -0.39 is 11.0 Å². The summed E-state index contributed by atoms with van der Waals surface area (Å²) in [7, 11) is 1.30. The van der Waals surface area contributed by atoms with E-state index >= 15 is 0 Å². The second-order valence-electron chi connectivity index (χ2n) is 2.54. The van der Waals surface area contributed by atoms with Gasteiger partial charge in [0.25, 0.3) is 5.69 Å². The van der Waals surface area contributed by atoms with Crippen LogP contribution in [0.5, 0.6) is 5.75 Å². The standard InChI is InChI=1S/C8H8N2O5/c1-15-6-4-2-3-5(10(13)14)7(6)9-8(11)12/h2-4,9H,1H3,(H,11,12). The molecular weight excluding hydrogens is 204 g/mol. The number of nitro groups is 1. The molecule has 0 unspecified atom stereocenters. The lowest BCUT2D eigenvalue weighted by Crippen LogP contribution is -2.10. The molecule has 0 radical (unpaired) electrons. The van der Waals surface area contributed by atoms with E-state index in [1.165, 1.54) is 25.3 Å². The van der Waals surface area contributed by atoms with E-state index in [2.05, 4.69) is 0 Å². The number of carbonyl (C=O) groups is 1. The molecule has 0 aromatic heterocycles. The van der Waals surface area contributed by atoms with Crippen molar-refractivity contribution in [3.8, 4) is 5.75 Å². The van der Waals surface area contributed by atoms with Crippen LogP contribution < -0.4 is 10.1 Å². The first-order valence-corrected chi connectivity index (χ1v) is 3.87. The maximum atomic E-state index is 10.6. The highest BCUT2D eigenvalue weighted by Crippen LogP contribution is 2.33. The summed E-state index contributed by atoms with van der Waals surface area (Å²) in [5.41, 5.74) is -0.519. The molecular formula is C8H8N2O5. The molecule has 2 N–H and O–H groups in total. The molecule has 0 aliphatic carbocycles. The van der Waals surface area contributed by atoms with Crippen LogP contribution >= 0.6 is 0 Å². The molecule has 7 heteroatoms. The van der Waals surface area contributed by atoms with Crippen LogP contribution in [0.4, 0.5) is 16.2 Å². The van der Waals surface area contributed by atoms with Gasteiger partial charge in [0.15, 0.2) is 5.69 Å². The number of methoxy groups -OCH3 is 1. The average Bonchev–Trinajstić information content (AvgIpc) is 2.16. The number of benzene rings is 1. The van der Waals surface area contributed by atoms with Crippen LogP contribution in [-0.2, 0) is 0 Å². The Balaban J connectivity index is 3.26. The predicted octanol–water partition coefficient (Wildman–Crippen LogP) is 1.69. The second kappa shape index (κ2) is 4.27. The number of amides is 1. The summed E-state index contributed by atoms with van der Waals surface area (Å²) < 4.78 is 4.81. The van der Waals surface area contributed by atoms with Gasteiger partial charge in [0, 0.05) is 6.07 Å². The quantitative estimate of drug-likeness (QED) is 0.586. The van der Waals surface area contributed by atoms with Gasteiger partial charge in [-0.3, -0.25) is 15.4 Å². The molecule has 1 aromatic carbocycles. The zero-order chi connectivity index (χ0) is 11.4. The van der Waals surface area contributed by atoms with Crippen molar-refractivity contribution in [2.24, 2.45) is 0 Å². The van der Waals surface area contributed by atoms with Crippen LogP contribution in [0.1, 0.15) is 0 Å². The van der Waals surface area contributed by atoms with Gasteiger partial charge < -0.3 is 9.84 Å². The van der Waals surface area contributed by atoms with E-state index in [0.717, 1.165) is 0 Å². The van der Waals surface area contributed by atoms with Gasteiger partial charge in [0.05, 0.1) is 12.0 Å². The van der Waals surface area contributed by atoms with Crippen LogP contribution in [0.15, 0.2) is 18.2 Å². The minimum absolute atomic E-state index is 0.103. The van der Waals surface area contributed by atoms with E-state index in [-0.39, 0.29) is 17.1 Å². The average molecular weight is 212 g/mol. The number of nitrogens with zero attached hydrogens (tertiary/aromatic N) is 1. The van der Waals surface area contributed by atoms with Crippen molar-refractivity contribution in [2.75, 3.05) is 12.4 Å². The van der Waals surface area contributed by atoms with Gasteiger partial charge >= 0.3 is 6.09 Å². The molecule has 80 valence electrons. The van der Waals surface area contributed by atoms with Crippen LogP contribution in [0.2, 0.25) is 0 Å². The molecule has 0 heterocycles. The molecule has 1 aromatic rings. The normalized spacial score (nSPS) is 9.40. The van der Waals surface area contributed by atoms with Crippen LogP contribution in [0, 0.1) is 10.1 Å². The van der Waals surface area contributed by atoms with Crippen LogP contribution in [-0.4, -0.2) is 23.2 Å². The molecule has 0 fully saturated rings. The molecule has 7 nitrogen and oxygen atoms in total. The number of rotatable bonds is 3. The van der Waals surface area contributed by atoms with Crippen LogP contribution in [0.3, 0.4) is 0 Å². The summed E-state index contributed by atoms with van der Waals surface area (Å²) in [6.07, 6.45) is -1.39. The van der Waals surface area contributed by atoms with E-state index in [9.17, 15) is 14.9 Å². The highest BCUT2D eigenvalue weighted by atomic mass is 16.6. The van der Waals surface area contributed by atoms with E-state index in [4.69, 9.17) is 9.84 Å². The summed E-state index contributed by atoms with van der Waals surface area (Å²) >= 11 is 0. The fourth-order valence-electron chi connectivity index (χ4n) is 1.07. The molecule has 0 bridgehead atoms. The number of para-hydroxylation sites is 1. The van der Waals surface area contributed by atoms with E-state index in [1.807, 2.05) is 5.32 Å². The fraction of sp³-hybridized carbons (Fsp3) is 0.125. The van der Waals surface area contributed by atoms with Crippen molar-refractivity contribution in [1.29, 1.82) is 0 Å². The molecule has 0 aliphatic heterocycles. The van der Waals surface area contributed by atoms with Gasteiger partial charge in [-0.2, -0.15) is 0 Å². The summed E-state index contributed by atoms with van der Waals surface area (Å²) in [6.45, 7) is 0. The zero-order valence-corrected chi connectivity index (χ0v) is 7.76. The van der Waals surface area contributed by atoms with E-state index in [0.29, 0.717) is 0 Å². The summed E-state index contributed by atoms with van der Waals surface area (Å²) in [4.78, 5) is 20.3. The molecule has 0 saturated heterocycles. The third-order valence-electron chi connectivity index (χ3n) is 1.65. The lowest BCUT2D eigenvalue weighted by Gasteiger charge is -2.07. The van der Waals surface area contributed by atoms with Crippen molar-refractivity contribution >= 4 is 17.5 Å². The van der Waals surface area contributed by atoms with Crippen molar-refractivity contribution < 1.29 is 19.6 Å². The second-order valence-corrected chi connectivity index (χ2v) is 2.54. The lowest BCUT2D eigenvalue weighted by atomic mass is 10.2. The third-order valence-corrected chi connectivity index (χ3v) is 1.65. The van der Waals surface area contributed by atoms with Crippen molar-refractivity contribution in [3.63, 3.8) is 0 Å². The van der Waals surface area contributed by atoms with E-state index in [1.54, 1.807) is 0 Å². The largest absolute Gasteiger partial charge is 0.494 e. The van der Waals surface area contributed by atoms with Crippen molar-refractivity contribution in [3.05, 3.63) is 28.3 Å². The van der Waals surface area contributed by atoms with Gasteiger partial charge in [-0.25, -0.2) is 4.79 Å². The number of nitro benzene ring substituents is 1. The first-order chi connectivity index (χ1) is 7.06. The van der Waals surface area contributed by atoms with Crippen molar-refractivity contribution in [2.45, 2.75) is 0 Å². The van der Waals surface area contributed by atoms with Gasteiger partial charge in [-0.05, 0) is 6.07 Å². The SMILES string of the molecule is COc1cccc([N+](=O)[O-])c1NC(=O)O. The molecule has 0 atom stereocenters. The zero-order valence-electron chi connectivity index (χ0n) is 7.76. The number of carboxylic acid groups (broad SMARTS) is 1. The molecule has 1 amide bonds. The predicted molar refractivity (Wildman–Crippen MR) is 51.3 cm³/mol. The Labute approximate surface area is 84.4 Å². The molecule has 1 rings (SSSR count). The maximum Gasteiger partial charge on any atom is 0.409 e. The summed E-state index contributed by atoms with van der Waals surface area (Å²) in [6, 6.07) is 4.02. The first-order valence-electron chi connectivity index (χ1n) is 3.87. The summed E-state index contributed by atoms with van der Waals surface area (Å²) in [5.74, 6) is 0.103. The van der Waals surface area contributed by atoms with Gasteiger partial charge in [0.2, 0.25) is 0 Å². The lowest BCUT2D eigenvalue weighted by molar-refractivity contribution is -0.384. The number of hydrogen-bond donors (Lipinski definition) is 2. The van der Waals surface area contributed by atoms with Crippen LogP contribution in [0.25, 0.3) is 0 Å². The summed E-state index contributed by atoms with van der Waals surface area (Å²) in [5, 5.41) is 21.0. The molecule has 0 aliphatic rings. The number of ether oxygens (including phenoxy) is 1. The molecule has 0 spiro atoms. The minimum atomic E-state index is -1.39. The minimum Gasteiger partial charge on any atom is -0.494 e. The van der Waals surface area contributed by atoms with Gasteiger partial charge in [-0.15, -0.1) is 0 Å². The monoisotopic (exact) mass is 212 g/mol. The number of hydrogen-bond acceptors (Lipinski definition) is 4. The Kier molecular flexibility index (Phi) is 3.06. The Bertz CT molecular complexity index is 404. The highest BCUT2D eigenvalue weighted by Gasteiger charge is 2.19. The molecule has 15 heavy (non-hydrogen) atoms. The Morgan fingerprint density at radius 3 is 2.73 bits per heavy atom. The fourth-order valence-corrected chi connectivity index (χ4v) is 1.07. The number of anilines is 1.